The van der Waals surface area contributed by atoms with Crippen molar-refractivity contribution in [2.75, 3.05) is 39.3 Å². The zero-order valence-electron chi connectivity index (χ0n) is 25.3. The zero-order valence-corrected chi connectivity index (χ0v) is 25.3. The monoisotopic (exact) mass is 544 g/mol. The minimum absolute atomic E-state index is 0.0421. The van der Waals surface area contributed by atoms with Crippen molar-refractivity contribution in [2.45, 2.75) is 112 Å². The van der Waals surface area contributed by atoms with Crippen molar-refractivity contribution in [3.8, 4) is 0 Å². The van der Waals surface area contributed by atoms with E-state index in [1.54, 1.807) is 51.3 Å². The van der Waals surface area contributed by atoms with Gasteiger partial charge >= 0.3 is 18.3 Å². The SMILES string of the molecule is CC(=O)N(CCCCN(CCCNC(=O)OC(C)(C)C)C(=O)OC(C)(C)C)CCCNC(=O)OC(C)(C)C. The Bertz CT molecular complexity index is 752. The molecule has 0 unspecified atom stereocenters. The van der Waals surface area contributed by atoms with Gasteiger partial charge in [0.05, 0.1) is 0 Å². The molecule has 0 atom stereocenters. The third kappa shape index (κ3) is 20.4. The molecule has 0 heterocycles. The van der Waals surface area contributed by atoms with Gasteiger partial charge < -0.3 is 34.6 Å². The van der Waals surface area contributed by atoms with Gasteiger partial charge in [-0.3, -0.25) is 4.79 Å². The predicted molar refractivity (Wildman–Crippen MR) is 147 cm³/mol. The average molecular weight is 545 g/mol. The van der Waals surface area contributed by atoms with Crippen LogP contribution in [0.3, 0.4) is 0 Å². The minimum atomic E-state index is -0.622. The Hall–Kier alpha value is -2.72. The van der Waals surface area contributed by atoms with E-state index in [0.29, 0.717) is 65.0 Å². The molecule has 0 saturated carbocycles. The van der Waals surface area contributed by atoms with Crippen molar-refractivity contribution in [2.24, 2.45) is 0 Å². The molecule has 0 fully saturated rings. The molecule has 0 spiro atoms. The van der Waals surface area contributed by atoms with Crippen LogP contribution in [0.2, 0.25) is 0 Å². The standard InChI is InChI=1S/C27H52N4O7/c1-21(32)30(19-13-15-28-22(33)36-25(2,3)4)17-11-12-18-31(24(35)38-27(8,9)10)20-14-16-29-23(34)37-26(5,6)7/h11-20H2,1-10H3,(H,28,33)(H,29,34). The Labute approximate surface area is 229 Å². The zero-order chi connectivity index (χ0) is 29.6. The summed E-state index contributed by atoms with van der Waals surface area (Å²) in [7, 11) is 0. The molecule has 38 heavy (non-hydrogen) atoms. The van der Waals surface area contributed by atoms with E-state index >= 15 is 0 Å². The quantitative estimate of drug-likeness (QED) is 0.255. The smallest absolute Gasteiger partial charge is 0.410 e. The van der Waals surface area contributed by atoms with Crippen molar-refractivity contribution in [1.82, 2.24) is 20.4 Å². The molecule has 0 aliphatic carbocycles. The van der Waals surface area contributed by atoms with Crippen LogP contribution in [-0.2, 0) is 19.0 Å². The minimum Gasteiger partial charge on any atom is -0.444 e. The van der Waals surface area contributed by atoms with E-state index in [1.165, 1.54) is 6.92 Å². The summed E-state index contributed by atoms with van der Waals surface area (Å²) in [6.45, 7) is 20.5. The van der Waals surface area contributed by atoms with Crippen LogP contribution in [0.4, 0.5) is 14.4 Å². The lowest BCUT2D eigenvalue weighted by molar-refractivity contribution is -0.129. The number of unbranched alkanes of at least 4 members (excludes halogenated alkanes) is 1. The number of nitrogens with one attached hydrogen (secondary N) is 2. The van der Waals surface area contributed by atoms with Crippen LogP contribution in [0.5, 0.6) is 0 Å². The molecule has 4 amide bonds. The Balaban J connectivity index is 4.62. The molecule has 222 valence electrons. The Morgan fingerprint density at radius 1 is 0.553 bits per heavy atom. The number of alkyl carbamates (subject to hydrolysis) is 2. The second-order valence-corrected chi connectivity index (χ2v) is 12.2. The van der Waals surface area contributed by atoms with Crippen LogP contribution in [-0.4, -0.2) is 90.1 Å². The van der Waals surface area contributed by atoms with Crippen LogP contribution in [0, 0.1) is 0 Å². The van der Waals surface area contributed by atoms with Crippen molar-refractivity contribution < 1.29 is 33.4 Å². The van der Waals surface area contributed by atoms with Gasteiger partial charge in [-0.2, -0.15) is 0 Å². The van der Waals surface area contributed by atoms with E-state index in [9.17, 15) is 19.2 Å². The Kier molecular flexibility index (Phi) is 15.1. The lowest BCUT2D eigenvalue weighted by Gasteiger charge is -2.28. The topological polar surface area (TPSA) is 127 Å². The highest BCUT2D eigenvalue weighted by molar-refractivity contribution is 5.73. The van der Waals surface area contributed by atoms with Crippen LogP contribution in [0.15, 0.2) is 0 Å². The van der Waals surface area contributed by atoms with Crippen molar-refractivity contribution in [1.29, 1.82) is 0 Å². The summed E-state index contributed by atoms with van der Waals surface area (Å²) >= 11 is 0. The molecule has 0 aromatic rings. The van der Waals surface area contributed by atoms with E-state index in [2.05, 4.69) is 10.6 Å². The maximum atomic E-state index is 12.7. The van der Waals surface area contributed by atoms with Crippen molar-refractivity contribution >= 4 is 24.2 Å². The Morgan fingerprint density at radius 3 is 1.26 bits per heavy atom. The van der Waals surface area contributed by atoms with Gasteiger partial charge in [0.1, 0.15) is 16.8 Å². The molecule has 0 aliphatic rings. The highest BCUT2D eigenvalue weighted by atomic mass is 16.6. The summed E-state index contributed by atoms with van der Waals surface area (Å²) in [4.78, 5) is 51.7. The maximum Gasteiger partial charge on any atom is 0.410 e. The highest BCUT2D eigenvalue weighted by Crippen LogP contribution is 2.12. The van der Waals surface area contributed by atoms with E-state index in [-0.39, 0.29) is 5.91 Å². The van der Waals surface area contributed by atoms with Gasteiger partial charge in [0.15, 0.2) is 0 Å². The number of carbonyl (C=O) groups excluding carboxylic acids is 4. The van der Waals surface area contributed by atoms with Crippen LogP contribution in [0.25, 0.3) is 0 Å². The first kappa shape index (κ1) is 35.3. The van der Waals surface area contributed by atoms with Crippen LogP contribution >= 0.6 is 0 Å². The van der Waals surface area contributed by atoms with Gasteiger partial charge in [-0.05, 0) is 88.0 Å². The fraction of sp³-hybridized carbons (Fsp3) is 0.852. The molecular weight excluding hydrogens is 492 g/mol. The number of rotatable bonds is 13. The number of hydrogen-bond acceptors (Lipinski definition) is 7. The molecule has 0 bridgehead atoms. The summed E-state index contributed by atoms with van der Waals surface area (Å²) < 4.78 is 16.0. The molecule has 11 heteroatoms. The second kappa shape index (κ2) is 16.3. The largest absolute Gasteiger partial charge is 0.444 e. The van der Waals surface area contributed by atoms with Crippen molar-refractivity contribution in [3.05, 3.63) is 0 Å². The third-order valence-electron chi connectivity index (χ3n) is 4.75. The van der Waals surface area contributed by atoms with Crippen molar-refractivity contribution in [3.63, 3.8) is 0 Å². The predicted octanol–water partition coefficient (Wildman–Crippen LogP) is 4.68. The molecule has 11 nitrogen and oxygen atoms in total. The first-order valence-corrected chi connectivity index (χ1v) is 13.5. The molecule has 0 saturated heterocycles. The molecule has 0 rings (SSSR count). The normalized spacial score (nSPS) is 11.8. The number of carbonyl (C=O) groups is 4. The number of hydrogen-bond donors (Lipinski definition) is 2. The number of amides is 4. The first-order valence-electron chi connectivity index (χ1n) is 13.5. The maximum absolute atomic E-state index is 12.7. The lowest BCUT2D eigenvalue weighted by atomic mass is 10.2. The van der Waals surface area contributed by atoms with E-state index in [0.717, 1.165) is 0 Å². The molecule has 0 aliphatic heterocycles. The molecule has 2 N–H and O–H groups in total. The second-order valence-electron chi connectivity index (χ2n) is 12.2. The summed E-state index contributed by atoms with van der Waals surface area (Å²) in [5, 5.41) is 5.40. The van der Waals surface area contributed by atoms with Gasteiger partial charge in [0.2, 0.25) is 5.91 Å². The number of ether oxygens (including phenoxy) is 3. The molecule has 0 aromatic carbocycles. The van der Waals surface area contributed by atoms with E-state index in [1.807, 2.05) is 20.8 Å². The highest BCUT2D eigenvalue weighted by Gasteiger charge is 2.22. The third-order valence-corrected chi connectivity index (χ3v) is 4.75. The van der Waals surface area contributed by atoms with Gasteiger partial charge in [-0.25, -0.2) is 14.4 Å². The van der Waals surface area contributed by atoms with Crippen LogP contribution in [0.1, 0.15) is 94.9 Å². The molecular formula is C27H52N4O7. The van der Waals surface area contributed by atoms with E-state index in [4.69, 9.17) is 14.2 Å². The Morgan fingerprint density at radius 2 is 0.895 bits per heavy atom. The van der Waals surface area contributed by atoms with Gasteiger partial charge in [0.25, 0.3) is 0 Å². The van der Waals surface area contributed by atoms with Crippen LogP contribution < -0.4 is 10.6 Å². The summed E-state index contributed by atoms with van der Waals surface area (Å²) in [6, 6.07) is 0. The summed E-state index contributed by atoms with van der Waals surface area (Å²) in [5.41, 5.74) is -1.75. The number of nitrogens with zero attached hydrogens (tertiary/aromatic N) is 2. The summed E-state index contributed by atoms with van der Waals surface area (Å²) in [5.74, 6) is -0.0421. The van der Waals surface area contributed by atoms with Gasteiger partial charge in [-0.15, -0.1) is 0 Å². The van der Waals surface area contributed by atoms with Gasteiger partial charge in [-0.1, -0.05) is 0 Å². The average Bonchev–Trinajstić information content (AvgIpc) is 2.69. The fourth-order valence-electron chi connectivity index (χ4n) is 3.20. The van der Waals surface area contributed by atoms with E-state index < -0.39 is 35.1 Å². The van der Waals surface area contributed by atoms with Gasteiger partial charge in [0, 0.05) is 46.2 Å². The lowest BCUT2D eigenvalue weighted by Crippen LogP contribution is -2.40. The molecule has 0 radical (unpaired) electrons. The molecule has 0 aromatic heterocycles. The first-order chi connectivity index (χ1) is 17.3. The summed E-state index contributed by atoms with van der Waals surface area (Å²) in [6.07, 6.45) is 1.15. The fourth-order valence-corrected chi connectivity index (χ4v) is 3.20.